The smallest absolute Gasteiger partial charge is 0.321 e. The molecule has 2 N–H and O–H groups in total. The number of piperidine rings is 1. The zero-order valence-electron chi connectivity index (χ0n) is 18.0. The number of anilines is 1. The molecule has 0 spiro atoms. The molecule has 0 saturated carbocycles. The maximum absolute atomic E-state index is 12.6. The van der Waals surface area contributed by atoms with Crippen molar-refractivity contribution in [1.82, 2.24) is 10.2 Å². The topological polar surface area (TPSA) is 89.1 Å². The first-order valence-electron chi connectivity index (χ1n) is 10.7. The molecule has 2 heterocycles. The maximum Gasteiger partial charge on any atom is 0.321 e. The number of amides is 3. The molecule has 0 bridgehead atoms. The van der Waals surface area contributed by atoms with Crippen molar-refractivity contribution in [2.75, 3.05) is 38.9 Å². The van der Waals surface area contributed by atoms with Crippen LogP contribution in [0.25, 0.3) is 6.08 Å². The van der Waals surface area contributed by atoms with Gasteiger partial charge in [-0.25, -0.2) is 4.79 Å². The van der Waals surface area contributed by atoms with Gasteiger partial charge in [-0.3, -0.25) is 4.79 Å². The van der Waals surface area contributed by atoms with Crippen LogP contribution in [0.2, 0.25) is 0 Å². The van der Waals surface area contributed by atoms with Crippen molar-refractivity contribution in [3.05, 3.63) is 54.1 Å². The van der Waals surface area contributed by atoms with E-state index in [0.29, 0.717) is 42.7 Å². The zero-order valence-corrected chi connectivity index (χ0v) is 18.0. The number of urea groups is 1. The third-order valence-electron chi connectivity index (χ3n) is 5.64. The molecule has 2 aliphatic rings. The van der Waals surface area contributed by atoms with Gasteiger partial charge < -0.3 is 29.7 Å². The summed E-state index contributed by atoms with van der Waals surface area (Å²) in [5.74, 6) is 2.24. The number of methoxy groups -OCH3 is 1. The first-order valence-corrected chi connectivity index (χ1v) is 10.7. The Labute approximate surface area is 187 Å². The van der Waals surface area contributed by atoms with Crippen LogP contribution in [0.3, 0.4) is 0 Å². The van der Waals surface area contributed by atoms with Crippen molar-refractivity contribution < 1.29 is 23.8 Å². The Bertz CT molecular complexity index is 999. The molecule has 32 heavy (non-hydrogen) atoms. The van der Waals surface area contributed by atoms with Crippen LogP contribution >= 0.6 is 0 Å². The second-order valence-corrected chi connectivity index (χ2v) is 7.75. The summed E-state index contributed by atoms with van der Waals surface area (Å²) >= 11 is 0. The number of hydrogen-bond donors (Lipinski definition) is 2. The van der Waals surface area contributed by atoms with Crippen molar-refractivity contribution in [3.63, 3.8) is 0 Å². The molecule has 4 rings (SSSR count). The van der Waals surface area contributed by atoms with Crippen molar-refractivity contribution in [3.8, 4) is 17.2 Å². The number of fused-ring (bicyclic) bond motifs is 1. The highest BCUT2D eigenvalue weighted by Gasteiger charge is 2.23. The fourth-order valence-electron chi connectivity index (χ4n) is 3.77. The Morgan fingerprint density at radius 1 is 1.12 bits per heavy atom. The molecular formula is C24H27N3O5. The molecule has 2 aliphatic heterocycles. The number of hydrogen-bond acceptors (Lipinski definition) is 5. The molecule has 2 aromatic rings. The van der Waals surface area contributed by atoms with Crippen LogP contribution in [-0.2, 0) is 4.79 Å². The number of rotatable bonds is 6. The van der Waals surface area contributed by atoms with Gasteiger partial charge >= 0.3 is 6.03 Å². The number of para-hydroxylation sites is 2. The van der Waals surface area contributed by atoms with Gasteiger partial charge in [0, 0.05) is 25.7 Å². The zero-order chi connectivity index (χ0) is 22.3. The molecule has 0 atom stereocenters. The summed E-state index contributed by atoms with van der Waals surface area (Å²) in [5.41, 5.74) is 1.53. The van der Waals surface area contributed by atoms with Crippen molar-refractivity contribution in [1.29, 1.82) is 0 Å². The third-order valence-corrected chi connectivity index (χ3v) is 5.64. The second-order valence-electron chi connectivity index (χ2n) is 7.75. The standard InChI is InChI=1S/C24H27N3O5/c1-30-20-5-3-2-4-19(20)26-24(29)27-12-10-18(11-13-27)15-25-23(28)9-7-17-6-8-21-22(14-17)32-16-31-21/h2-9,14,18H,10-13,15-16H2,1H3,(H,25,28)(H,26,29)/b9-7+. The second kappa shape index (κ2) is 10.1. The predicted octanol–water partition coefficient (Wildman–Crippen LogP) is 3.50. The molecule has 0 aromatic heterocycles. The summed E-state index contributed by atoms with van der Waals surface area (Å²) in [6.07, 6.45) is 4.95. The lowest BCUT2D eigenvalue weighted by Gasteiger charge is -2.32. The van der Waals surface area contributed by atoms with Crippen LogP contribution in [0.1, 0.15) is 18.4 Å². The summed E-state index contributed by atoms with van der Waals surface area (Å²) in [6, 6.07) is 12.8. The van der Waals surface area contributed by atoms with E-state index in [0.717, 1.165) is 24.2 Å². The van der Waals surface area contributed by atoms with Gasteiger partial charge in [-0.15, -0.1) is 0 Å². The molecule has 0 unspecified atom stereocenters. The number of benzene rings is 2. The van der Waals surface area contributed by atoms with Crippen LogP contribution < -0.4 is 24.8 Å². The lowest BCUT2D eigenvalue weighted by molar-refractivity contribution is -0.116. The Morgan fingerprint density at radius 2 is 1.91 bits per heavy atom. The summed E-state index contributed by atoms with van der Waals surface area (Å²) < 4.78 is 15.9. The minimum Gasteiger partial charge on any atom is -0.495 e. The van der Waals surface area contributed by atoms with Gasteiger partial charge in [-0.05, 0) is 54.7 Å². The number of nitrogens with zero attached hydrogens (tertiary/aromatic N) is 1. The number of carbonyl (C=O) groups excluding carboxylic acids is 2. The van der Waals surface area contributed by atoms with Crippen LogP contribution in [0.15, 0.2) is 48.5 Å². The number of likely N-dealkylation sites (tertiary alicyclic amines) is 1. The summed E-state index contributed by atoms with van der Waals surface area (Å²) in [4.78, 5) is 26.5. The molecule has 1 saturated heterocycles. The highest BCUT2D eigenvalue weighted by molar-refractivity contribution is 5.92. The van der Waals surface area contributed by atoms with E-state index in [-0.39, 0.29) is 18.7 Å². The molecule has 3 amide bonds. The quantitative estimate of drug-likeness (QED) is 0.676. The minimum absolute atomic E-state index is 0.136. The van der Waals surface area contributed by atoms with E-state index < -0.39 is 0 Å². The molecule has 1 fully saturated rings. The van der Waals surface area contributed by atoms with Gasteiger partial charge in [0.25, 0.3) is 0 Å². The number of nitrogens with one attached hydrogen (secondary N) is 2. The summed E-state index contributed by atoms with van der Waals surface area (Å²) in [7, 11) is 1.58. The highest BCUT2D eigenvalue weighted by Crippen LogP contribution is 2.32. The normalized spacial score (nSPS) is 15.6. The number of ether oxygens (including phenoxy) is 3. The average Bonchev–Trinajstić information content (AvgIpc) is 3.30. The van der Waals surface area contributed by atoms with Gasteiger partial charge in [0.2, 0.25) is 12.7 Å². The molecule has 2 aromatic carbocycles. The van der Waals surface area contributed by atoms with Gasteiger partial charge in [-0.2, -0.15) is 0 Å². The van der Waals surface area contributed by atoms with Crippen LogP contribution in [-0.4, -0.2) is 50.4 Å². The Hall–Kier alpha value is -3.68. The first kappa shape index (κ1) is 21.5. The van der Waals surface area contributed by atoms with Gasteiger partial charge in [-0.1, -0.05) is 18.2 Å². The van der Waals surface area contributed by atoms with Crippen LogP contribution in [0, 0.1) is 5.92 Å². The first-order chi connectivity index (χ1) is 15.6. The minimum atomic E-state index is -0.140. The highest BCUT2D eigenvalue weighted by atomic mass is 16.7. The third kappa shape index (κ3) is 5.32. The van der Waals surface area contributed by atoms with E-state index in [2.05, 4.69) is 10.6 Å². The lowest BCUT2D eigenvalue weighted by atomic mass is 9.97. The molecular weight excluding hydrogens is 410 g/mol. The Balaban J connectivity index is 1.19. The largest absolute Gasteiger partial charge is 0.495 e. The molecule has 8 heteroatoms. The van der Waals surface area contributed by atoms with E-state index in [1.807, 2.05) is 42.5 Å². The SMILES string of the molecule is COc1ccccc1NC(=O)N1CCC(CNC(=O)/C=C/c2ccc3c(c2)OCO3)CC1. The Kier molecular flexibility index (Phi) is 6.79. The van der Waals surface area contributed by atoms with Gasteiger partial charge in [0.15, 0.2) is 11.5 Å². The van der Waals surface area contributed by atoms with Crippen molar-refractivity contribution >= 4 is 23.7 Å². The van der Waals surface area contributed by atoms with E-state index in [1.54, 1.807) is 18.1 Å². The van der Waals surface area contributed by atoms with Crippen molar-refractivity contribution in [2.45, 2.75) is 12.8 Å². The van der Waals surface area contributed by atoms with Gasteiger partial charge in [0.1, 0.15) is 5.75 Å². The molecule has 168 valence electrons. The molecule has 0 radical (unpaired) electrons. The van der Waals surface area contributed by atoms with Crippen molar-refractivity contribution in [2.24, 2.45) is 5.92 Å². The average molecular weight is 437 g/mol. The van der Waals surface area contributed by atoms with Crippen LogP contribution in [0.5, 0.6) is 17.2 Å². The van der Waals surface area contributed by atoms with E-state index in [1.165, 1.54) is 6.08 Å². The maximum atomic E-state index is 12.6. The predicted molar refractivity (Wildman–Crippen MR) is 121 cm³/mol. The van der Waals surface area contributed by atoms with Gasteiger partial charge in [0.05, 0.1) is 12.8 Å². The van der Waals surface area contributed by atoms with E-state index in [4.69, 9.17) is 14.2 Å². The fourth-order valence-corrected chi connectivity index (χ4v) is 3.77. The fraction of sp³-hybridized carbons (Fsp3) is 0.333. The molecule has 0 aliphatic carbocycles. The summed E-state index contributed by atoms with van der Waals surface area (Å²) in [5, 5.41) is 5.87. The number of carbonyl (C=O) groups is 2. The monoisotopic (exact) mass is 437 g/mol. The summed E-state index contributed by atoms with van der Waals surface area (Å²) in [6.45, 7) is 2.11. The van der Waals surface area contributed by atoms with E-state index >= 15 is 0 Å². The lowest BCUT2D eigenvalue weighted by Crippen LogP contribution is -2.43. The Morgan fingerprint density at radius 3 is 2.72 bits per heavy atom. The van der Waals surface area contributed by atoms with E-state index in [9.17, 15) is 9.59 Å². The van der Waals surface area contributed by atoms with Crippen LogP contribution in [0.4, 0.5) is 10.5 Å². The molecule has 8 nitrogen and oxygen atoms in total.